The molecule has 0 spiro atoms. The molecule has 4 rings (SSSR count). The topological polar surface area (TPSA) is 44.6 Å². The summed E-state index contributed by atoms with van der Waals surface area (Å²) >= 11 is 7.04. The molecule has 0 radical (unpaired) electrons. The molecule has 3 nitrogen and oxygen atoms in total. The van der Waals surface area contributed by atoms with E-state index in [1.165, 1.54) is 5.56 Å². The molecular weight excluding hydrogens is 492 g/mol. The number of nitrogens with one attached hydrogen (secondary N) is 1. The van der Waals surface area contributed by atoms with Crippen LogP contribution in [0.1, 0.15) is 47.8 Å². The Hall–Kier alpha value is -1.95. The second-order valence-electron chi connectivity index (χ2n) is 7.21. The van der Waals surface area contributed by atoms with E-state index in [9.17, 15) is 5.11 Å². The van der Waals surface area contributed by atoms with Gasteiger partial charge in [-0.05, 0) is 53.4 Å². The number of halogens is 2. The third kappa shape index (κ3) is 4.63. The van der Waals surface area contributed by atoms with Gasteiger partial charge in [0.15, 0.2) is 0 Å². The van der Waals surface area contributed by atoms with Crippen molar-refractivity contribution in [3.05, 3.63) is 97.9 Å². The standard InChI is InChI=1S/C24H22Br2N2O/c1-2-15-3-5-16(6-4-15)21-14-22(20-13-19(26)11-12-23(20)29)28-24(27-21)17-7-9-18(25)10-8-17/h3-13,22,24,28-29H,2,14H2,1H3/t22-,24-/m0/s1. The molecule has 0 amide bonds. The second kappa shape index (κ2) is 8.82. The van der Waals surface area contributed by atoms with Crippen molar-refractivity contribution in [2.75, 3.05) is 0 Å². The molecule has 3 aromatic rings. The Morgan fingerprint density at radius 3 is 2.34 bits per heavy atom. The maximum absolute atomic E-state index is 10.5. The van der Waals surface area contributed by atoms with E-state index in [-0.39, 0.29) is 12.2 Å². The highest BCUT2D eigenvalue weighted by Gasteiger charge is 2.27. The Balaban J connectivity index is 1.75. The van der Waals surface area contributed by atoms with Crippen LogP contribution in [0.5, 0.6) is 5.75 Å². The van der Waals surface area contributed by atoms with Crippen molar-refractivity contribution in [2.24, 2.45) is 4.99 Å². The van der Waals surface area contributed by atoms with Crippen molar-refractivity contribution in [3.63, 3.8) is 0 Å². The van der Waals surface area contributed by atoms with Crippen molar-refractivity contribution in [3.8, 4) is 5.75 Å². The lowest BCUT2D eigenvalue weighted by Gasteiger charge is -2.31. The number of phenols is 1. The number of nitrogens with zero attached hydrogens (tertiary/aromatic N) is 1. The number of hydrogen-bond acceptors (Lipinski definition) is 3. The first-order valence-corrected chi connectivity index (χ1v) is 11.3. The zero-order valence-electron chi connectivity index (χ0n) is 16.1. The molecule has 0 bridgehead atoms. The van der Waals surface area contributed by atoms with Gasteiger partial charge in [0, 0.05) is 32.7 Å². The van der Waals surface area contributed by atoms with Gasteiger partial charge >= 0.3 is 0 Å². The summed E-state index contributed by atoms with van der Waals surface area (Å²) in [6.07, 6.45) is 1.55. The van der Waals surface area contributed by atoms with E-state index < -0.39 is 0 Å². The van der Waals surface area contributed by atoms with Crippen LogP contribution in [0, 0.1) is 0 Å². The maximum atomic E-state index is 10.5. The molecule has 1 aliphatic rings. The fraction of sp³-hybridized carbons (Fsp3) is 0.208. The van der Waals surface area contributed by atoms with Crippen molar-refractivity contribution in [1.29, 1.82) is 0 Å². The predicted molar refractivity (Wildman–Crippen MR) is 126 cm³/mol. The van der Waals surface area contributed by atoms with Gasteiger partial charge in [-0.25, -0.2) is 0 Å². The van der Waals surface area contributed by atoms with E-state index in [1.807, 2.05) is 24.3 Å². The molecule has 0 fully saturated rings. The minimum absolute atomic E-state index is 0.0421. The van der Waals surface area contributed by atoms with Gasteiger partial charge in [0.1, 0.15) is 11.9 Å². The minimum Gasteiger partial charge on any atom is -0.508 e. The predicted octanol–water partition coefficient (Wildman–Crippen LogP) is 6.70. The molecular formula is C24H22Br2N2O. The Bertz CT molecular complexity index is 1030. The molecule has 29 heavy (non-hydrogen) atoms. The Kier molecular flexibility index (Phi) is 6.18. The van der Waals surface area contributed by atoms with Gasteiger partial charge in [0.05, 0.1) is 0 Å². The van der Waals surface area contributed by atoms with Crippen LogP contribution in [0.2, 0.25) is 0 Å². The SMILES string of the molecule is CCc1ccc(C2=N[C@H](c3ccc(Br)cc3)N[C@H](c3cc(Br)ccc3O)C2)cc1. The first-order chi connectivity index (χ1) is 14.0. The van der Waals surface area contributed by atoms with Gasteiger partial charge in [-0.3, -0.25) is 10.3 Å². The molecule has 3 aromatic carbocycles. The lowest BCUT2D eigenvalue weighted by Crippen LogP contribution is -2.33. The van der Waals surface area contributed by atoms with Crippen molar-refractivity contribution in [2.45, 2.75) is 32.0 Å². The average Bonchev–Trinajstić information content (AvgIpc) is 2.75. The van der Waals surface area contributed by atoms with Gasteiger partial charge in [0.25, 0.3) is 0 Å². The van der Waals surface area contributed by atoms with Gasteiger partial charge in [-0.1, -0.05) is 75.2 Å². The molecule has 1 aliphatic heterocycles. The highest BCUT2D eigenvalue weighted by molar-refractivity contribution is 9.10. The van der Waals surface area contributed by atoms with E-state index in [4.69, 9.17) is 4.99 Å². The van der Waals surface area contributed by atoms with E-state index in [1.54, 1.807) is 6.07 Å². The summed E-state index contributed by atoms with van der Waals surface area (Å²) in [5, 5.41) is 14.1. The van der Waals surface area contributed by atoms with Gasteiger partial charge < -0.3 is 5.11 Å². The smallest absolute Gasteiger partial charge is 0.126 e. The van der Waals surface area contributed by atoms with E-state index in [0.717, 1.165) is 37.8 Å². The fourth-order valence-corrected chi connectivity index (χ4v) is 4.28. The zero-order valence-corrected chi connectivity index (χ0v) is 19.2. The highest BCUT2D eigenvalue weighted by Crippen LogP contribution is 2.36. The quantitative estimate of drug-likeness (QED) is 0.407. The van der Waals surface area contributed by atoms with Crippen LogP contribution in [-0.2, 0) is 6.42 Å². The average molecular weight is 514 g/mol. The van der Waals surface area contributed by atoms with Crippen LogP contribution in [0.3, 0.4) is 0 Å². The lowest BCUT2D eigenvalue weighted by atomic mass is 9.93. The summed E-state index contributed by atoms with van der Waals surface area (Å²) < 4.78 is 1.99. The zero-order chi connectivity index (χ0) is 20.4. The van der Waals surface area contributed by atoms with E-state index in [0.29, 0.717) is 12.2 Å². The van der Waals surface area contributed by atoms with Crippen LogP contribution in [0.25, 0.3) is 0 Å². The molecule has 2 N–H and O–H groups in total. The first kappa shape index (κ1) is 20.3. The first-order valence-electron chi connectivity index (χ1n) is 9.69. The minimum atomic E-state index is -0.180. The molecule has 0 unspecified atom stereocenters. The second-order valence-corrected chi connectivity index (χ2v) is 9.04. The summed E-state index contributed by atoms with van der Waals surface area (Å²) in [6, 6.07) is 22.4. The lowest BCUT2D eigenvalue weighted by molar-refractivity contribution is 0.412. The molecule has 5 heteroatoms. The van der Waals surface area contributed by atoms with E-state index >= 15 is 0 Å². The van der Waals surface area contributed by atoms with Crippen LogP contribution in [0.15, 0.2) is 80.7 Å². The monoisotopic (exact) mass is 512 g/mol. The van der Waals surface area contributed by atoms with Gasteiger partial charge in [-0.2, -0.15) is 0 Å². The Morgan fingerprint density at radius 1 is 0.966 bits per heavy atom. The van der Waals surface area contributed by atoms with Crippen molar-refractivity contribution < 1.29 is 5.11 Å². The van der Waals surface area contributed by atoms with Crippen LogP contribution in [0.4, 0.5) is 0 Å². The van der Waals surface area contributed by atoms with Crippen LogP contribution in [-0.4, -0.2) is 10.8 Å². The van der Waals surface area contributed by atoms with Gasteiger partial charge in [-0.15, -0.1) is 0 Å². The molecule has 1 heterocycles. The Labute approximate surface area is 188 Å². The van der Waals surface area contributed by atoms with Gasteiger partial charge in [0.2, 0.25) is 0 Å². The fourth-order valence-electron chi connectivity index (χ4n) is 3.63. The number of rotatable bonds is 4. The number of aliphatic imine (C=N–C) groups is 1. The molecule has 0 aromatic heterocycles. The third-order valence-electron chi connectivity index (χ3n) is 5.29. The number of hydrogen-bond donors (Lipinski definition) is 2. The van der Waals surface area contributed by atoms with Crippen LogP contribution < -0.4 is 5.32 Å². The summed E-state index contributed by atoms with van der Waals surface area (Å²) in [6.45, 7) is 2.16. The molecule has 0 saturated carbocycles. The summed E-state index contributed by atoms with van der Waals surface area (Å²) in [4.78, 5) is 5.03. The number of benzene rings is 3. The largest absolute Gasteiger partial charge is 0.508 e. The summed E-state index contributed by atoms with van der Waals surface area (Å²) in [7, 11) is 0. The van der Waals surface area contributed by atoms with Crippen molar-refractivity contribution in [1.82, 2.24) is 5.32 Å². The highest BCUT2D eigenvalue weighted by atomic mass is 79.9. The normalized spacial score (nSPS) is 19.1. The third-order valence-corrected chi connectivity index (χ3v) is 6.31. The molecule has 2 atom stereocenters. The number of aryl methyl sites for hydroxylation is 1. The molecule has 0 aliphatic carbocycles. The molecule has 148 valence electrons. The summed E-state index contributed by atoms with van der Waals surface area (Å²) in [5.74, 6) is 0.294. The summed E-state index contributed by atoms with van der Waals surface area (Å²) in [5.41, 5.74) is 5.46. The van der Waals surface area contributed by atoms with Crippen LogP contribution >= 0.6 is 31.9 Å². The molecule has 0 saturated heterocycles. The number of aromatic hydroxyl groups is 1. The van der Waals surface area contributed by atoms with Crippen molar-refractivity contribution >= 4 is 37.6 Å². The van der Waals surface area contributed by atoms with E-state index in [2.05, 4.69) is 80.5 Å². The number of phenolic OH excluding ortho intramolecular Hbond substituents is 1. The maximum Gasteiger partial charge on any atom is 0.126 e. The Morgan fingerprint density at radius 2 is 1.66 bits per heavy atom.